The lowest BCUT2D eigenvalue weighted by molar-refractivity contribution is -0.0809. The van der Waals surface area contributed by atoms with Gasteiger partial charge in [-0.25, -0.2) is 0 Å². The number of likely N-dealkylation sites (N-methyl/N-ethyl adjacent to an activating group) is 1. The fourth-order valence-electron chi connectivity index (χ4n) is 3.47. The molecule has 2 heterocycles. The maximum atomic E-state index is 12.8. The molecule has 1 aromatic carbocycles. The van der Waals surface area contributed by atoms with Crippen molar-refractivity contribution < 1.29 is 9.90 Å². The van der Waals surface area contributed by atoms with Crippen LogP contribution in [-0.2, 0) is 5.60 Å². The van der Waals surface area contributed by atoms with E-state index in [1.165, 1.54) is 11.3 Å². The second-order valence-corrected chi connectivity index (χ2v) is 7.97. The molecule has 1 N–H and O–H groups in total. The highest BCUT2D eigenvalue weighted by molar-refractivity contribution is 7.13. The lowest BCUT2D eigenvalue weighted by Crippen LogP contribution is -2.60. The van der Waals surface area contributed by atoms with Crippen molar-refractivity contribution in [1.82, 2.24) is 9.80 Å². The Labute approximate surface area is 147 Å². The minimum Gasteiger partial charge on any atom is -0.383 e. The molecule has 4 nitrogen and oxygen atoms in total. The molecule has 1 fully saturated rings. The molecule has 0 spiro atoms. The van der Waals surface area contributed by atoms with Gasteiger partial charge in [-0.1, -0.05) is 30.3 Å². The minimum absolute atomic E-state index is 0.0649. The summed E-state index contributed by atoms with van der Waals surface area (Å²) in [6.45, 7) is 3.09. The Hall–Kier alpha value is -1.69. The number of carbonyl (C=O) groups excluding carboxylic acids is 1. The summed E-state index contributed by atoms with van der Waals surface area (Å²) in [5.74, 6) is 0.0649. The predicted molar refractivity (Wildman–Crippen MR) is 97.4 cm³/mol. The van der Waals surface area contributed by atoms with Gasteiger partial charge in [-0.05, 0) is 45.1 Å². The molecule has 3 rings (SSSR count). The van der Waals surface area contributed by atoms with Crippen LogP contribution in [0.5, 0.6) is 0 Å². The van der Waals surface area contributed by atoms with Gasteiger partial charge in [0.1, 0.15) is 5.60 Å². The van der Waals surface area contributed by atoms with Crippen molar-refractivity contribution in [3.8, 4) is 0 Å². The molecule has 0 aliphatic carbocycles. The molecule has 1 aliphatic rings. The van der Waals surface area contributed by atoms with Gasteiger partial charge < -0.3 is 14.9 Å². The topological polar surface area (TPSA) is 43.8 Å². The van der Waals surface area contributed by atoms with E-state index in [1.807, 2.05) is 73.3 Å². The molecular formula is C19H24N2O2S. The molecule has 0 unspecified atom stereocenters. The lowest BCUT2D eigenvalue weighted by atomic mass is 9.80. The van der Waals surface area contributed by atoms with Crippen LogP contribution in [-0.4, -0.2) is 54.0 Å². The van der Waals surface area contributed by atoms with Gasteiger partial charge in [0.15, 0.2) is 0 Å². The largest absolute Gasteiger partial charge is 0.383 e. The summed E-state index contributed by atoms with van der Waals surface area (Å²) < 4.78 is 0. The van der Waals surface area contributed by atoms with Crippen LogP contribution in [0.1, 0.15) is 26.5 Å². The van der Waals surface area contributed by atoms with E-state index in [0.29, 0.717) is 19.5 Å². The fourth-order valence-corrected chi connectivity index (χ4v) is 4.30. The van der Waals surface area contributed by atoms with Gasteiger partial charge in [-0.3, -0.25) is 4.79 Å². The van der Waals surface area contributed by atoms with Crippen LogP contribution < -0.4 is 0 Å². The van der Waals surface area contributed by atoms with Gasteiger partial charge in [-0.2, -0.15) is 0 Å². The number of aryl methyl sites for hydroxylation is 1. The number of hydrogen-bond acceptors (Lipinski definition) is 4. The molecule has 5 heteroatoms. The number of rotatable bonds is 3. The van der Waals surface area contributed by atoms with Crippen molar-refractivity contribution in [3.63, 3.8) is 0 Å². The normalized spacial score (nSPS) is 24.4. The number of piperidine rings is 1. The number of aliphatic hydroxyl groups is 1. The summed E-state index contributed by atoms with van der Waals surface area (Å²) in [5.41, 5.74) is -0.0184. The van der Waals surface area contributed by atoms with E-state index >= 15 is 0 Å². The summed E-state index contributed by atoms with van der Waals surface area (Å²) in [7, 11) is 3.92. The standard InChI is InChI=1S/C19H24N2O2S/c1-14-9-10-16(24-14)18(22)21-12-11-19(23,17(13-21)20(2)3)15-7-5-4-6-8-15/h4-10,17,23H,11-13H2,1-3H3/t17-,19+/m1/s1. The van der Waals surface area contributed by atoms with Crippen molar-refractivity contribution in [3.05, 3.63) is 57.8 Å². The van der Waals surface area contributed by atoms with Crippen LogP contribution in [0.4, 0.5) is 0 Å². The maximum absolute atomic E-state index is 12.8. The monoisotopic (exact) mass is 344 g/mol. The zero-order chi connectivity index (χ0) is 17.3. The predicted octanol–water partition coefficient (Wildman–Crippen LogP) is 2.72. The summed E-state index contributed by atoms with van der Waals surface area (Å²) in [4.78, 5) is 18.6. The van der Waals surface area contributed by atoms with Crippen molar-refractivity contribution in [2.75, 3.05) is 27.2 Å². The number of thiophene rings is 1. The van der Waals surface area contributed by atoms with Crippen molar-refractivity contribution in [2.24, 2.45) is 0 Å². The highest BCUT2D eigenvalue weighted by Crippen LogP contribution is 2.36. The average molecular weight is 344 g/mol. The molecule has 0 bridgehead atoms. The second-order valence-electron chi connectivity index (χ2n) is 6.68. The van der Waals surface area contributed by atoms with Gasteiger partial charge in [0.25, 0.3) is 5.91 Å². The van der Waals surface area contributed by atoms with Crippen LogP contribution in [0.25, 0.3) is 0 Å². The first-order valence-corrected chi connectivity index (χ1v) is 9.03. The molecule has 1 aliphatic heterocycles. The average Bonchev–Trinajstić information content (AvgIpc) is 3.01. The van der Waals surface area contributed by atoms with Crippen LogP contribution >= 0.6 is 11.3 Å². The van der Waals surface area contributed by atoms with E-state index < -0.39 is 5.60 Å². The summed E-state index contributed by atoms with van der Waals surface area (Å²) in [5, 5.41) is 11.4. The minimum atomic E-state index is -0.938. The van der Waals surface area contributed by atoms with Crippen LogP contribution in [0, 0.1) is 6.92 Å². The molecule has 0 saturated carbocycles. The van der Waals surface area contributed by atoms with Gasteiger partial charge in [0.2, 0.25) is 0 Å². The Balaban J connectivity index is 1.85. The summed E-state index contributed by atoms with van der Waals surface area (Å²) >= 11 is 1.53. The number of carbonyl (C=O) groups is 1. The van der Waals surface area contributed by atoms with Crippen molar-refractivity contribution in [2.45, 2.75) is 25.0 Å². The maximum Gasteiger partial charge on any atom is 0.263 e. The lowest BCUT2D eigenvalue weighted by Gasteiger charge is -2.47. The third-order valence-electron chi connectivity index (χ3n) is 4.84. The number of nitrogens with zero attached hydrogens (tertiary/aromatic N) is 2. The van der Waals surface area contributed by atoms with Crippen LogP contribution in [0.3, 0.4) is 0 Å². The van der Waals surface area contributed by atoms with Crippen molar-refractivity contribution >= 4 is 17.2 Å². The zero-order valence-corrected chi connectivity index (χ0v) is 15.2. The van der Waals surface area contributed by atoms with Gasteiger partial charge >= 0.3 is 0 Å². The smallest absolute Gasteiger partial charge is 0.263 e. The number of amides is 1. The summed E-state index contributed by atoms with van der Waals surface area (Å²) in [6.07, 6.45) is 0.538. The Morgan fingerprint density at radius 1 is 1.25 bits per heavy atom. The second kappa shape index (κ2) is 6.67. The number of benzene rings is 1. The molecule has 24 heavy (non-hydrogen) atoms. The van der Waals surface area contributed by atoms with E-state index in [1.54, 1.807) is 0 Å². The third kappa shape index (κ3) is 3.11. The first-order valence-electron chi connectivity index (χ1n) is 8.22. The van der Waals surface area contributed by atoms with E-state index in [4.69, 9.17) is 0 Å². The fraction of sp³-hybridized carbons (Fsp3) is 0.421. The van der Waals surface area contributed by atoms with E-state index in [9.17, 15) is 9.90 Å². The van der Waals surface area contributed by atoms with Gasteiger partial charge in [-0.15, -0.1) is 11.3 Å². The Morgan fingerprint density at radius 2 is 1.96 bits per heavy atom. The van der Waals surface area contributed by atoms with E-state index in [2.05, 4.69) is 0 Å². The van der Waals surface area contributed by atoms with E-state index in [0.717, 1.165) is 15.3 Å². The molecule has 1 saturated heterocycles. The SMILES string of the molecule is Cc1ccc(C(=O)N2CC[C@](O)(c3ccccc3)[C@H](N(C)C)C2)s1. The number of hydrogen-bond donors (Lipinski definition) is 1. The quantitative estimate of drug-likeness (QED) is 0.931. The molecule has 2 aromatic rings. The van der Waals surface area contributed by atoms with Crippen LogP contribution in [0.15, 0.2) is 42.5 Å². The number of likely N-dealkylation sites (tertiary alicyclic amines) is 1. The summed E-state index contributed by atoms with van der Waals surface area (Å²) in [6, 6.07) is 13.5. The molecule has 2 atom stereocenters. The zero-order valence-electron chi connectivity index (χ0n) is 14.4. The Bertz CT molecular complexity index is 713. The third-order valence-corrected chi connectivity index (χ3v) is 5.83. The Kier molecular flexibility index (Phi) is 4.76. The first kappa shape index (κ1) is 17.1. The molecule has 0 radical (unpaired) electrons. The van der Waals surface area contributed by atoms with Crippen molar-refractivity contribution in [1.29, 1.82) is 0 Å². The molecule has 1 amide bonds. The van der Waals surface area contributed by atoms with E-state index in [-0.39, 0.29) is 11.9 Å². The highest BCUT2D eigenvalue weighted by atomic mass is 32.1. The molecule has 1 aromatic heterocycles. The molecular weight excluding hydrogens is 320 g/mol. The first-order chi connectivity index (χ1) is 11.4. The van der Waals surface area contributed by atoms with Crippen LogP contribution in [0.2, 0.25) is 0 Å². The highest BCUT2D eigenvalue weighted by Gasteiger charge is 2.45. The van der Waals surface area contributed by atoms with Gasteiger partial charge in [0.05, 0.1) is 10.9 Å². The Morgan fingerprint density at radius 3 is 2.54 bits per heavy atom. The van der Waals surface area contributed by atoms with Gasteiger partial charge in [0, 0.05) is 18.0 Å². The molecule has 128 valence electrons.